The van der Waals surface area contributed by atoms with Crippen molar-refractivity contribution in [2.45, 2.75) is 32.1 Å². The summed E-state index contributed by atoms with van der Waals surface area (Å²) in [5.41, 5.74) is 5.11. The zero-order chi connectivity index (χ0) is 22.4. The molecule has 1 saturated heterocycles. The van der Waals surface area contributed by atoms with E-state index < -0.39 is 9.84 Å². The number of guanidine groups is 1. The molecule has 0 atom stereocenters. The lowest BCUT2D eigenvalue weighted by molar-refractivity contribution is 0.372. The Kier molecular flexibility index (Phi) is 9.82. The Morgan fingerprint density at radius 2 is 1.69 bits per heavy atom. The summed E-state index contributed by atoms with van der Waals surface area (Å²) in [5.74, 6) is 0.955. The molecule has 1 N–H and O–H groups in total. The van der Waals surface area contributed by atoms with Crippen LogP contribution in [0.3, 0.4) is 0 Å². The molecule has 0 bridgehead atoms. The number of hydrogen-bond acceptors (Lipinski definition) is 4. The number of aryl methyl sites for hydroxylation is 1. The van der Waals surface area contributed by atoms with Gasteiger partial charge in [0.15, 0.2) is 15.8 Å². The quantitative estimate of drug-likeness (QED) is 0.327. The summed E-state index contributed by atoms with van der Waals surface area (Å²) in [6.45, 7) is 11.8. The minimum atomic E-state index is -3.15. The van der Waals surface area contributed by atoms with Gasteiger partial charge in [-0.1, -0.05) is 24.3 Å². The first-order chi connectivity index (χ1) is 14.8. The standard InChI is InChI=1S/C24H34N4O2S.HI/c1-5-25-24(26-14-13-21-9-11-22(12-10-21)31(4,29)30)28-17-15-27(16-18-28)23-8-6-7-19(2)20(23)3;/h6-12H,5,13-18H2,1-4H3,(H,25,26);1H. The van der Waals surface area contributed by atoms with Crippen LogP contribution in [0.25, 0.3) is 0 Å². The third-order valence-electron chi connectivity index (χ3n) is 5.84. The van der Waals surface area contributed by atoms with Crippen LogP contribution in [0.4, 0.5) is 5.69 Å². The van der Waals surface area contributed by atoms with Crippen LogP contribution in [0.2, 0.25) is 0 Å². The largest absolute Gasteiger partial charge is 0.368 e. The van der Waals surface area contributed by atoms with Gasteiger partial charge in [0.2, 0.25) is 0 Å². The van der Waals surface area contributed by atoms with E-state index in [9.17, 15) is 8.42 Å². The molecule has 3 rings (SSSR count). The Morgan fingerprint density at radius 3 is 2.28 bits per heavy atom. The molecule has 2 aromatic rings. The van der Waals surface area contributed by atoms with Gasteiger partial charge in [0, 0.05) is 51.2 Å². The van der Waals surface area contributed by atoms with E-state index in [-0.39, 0.29) is 24.0 Å². The summed E-state index contributed by atoms with van der Waals surface area (Å²) in [7, 11) is -3.15. The number of aliphatic imine (C=N–C) groups is 1. The fourth-order valence-electron chi connectivity index (χ4n) is 3.86. The molecule has 1 heterocycles. The van der Waals surface area contributed by atoms with Crippen molar-refractivity contribution in [3.8, 4) is 0 Å². The lowest BCUT2D eigenvalue weighted by Crippen LogP contribution is -2.52. The van der Waals surface area contributed by atoms with Crippen molar-refractivity contribution >= 4 is 45.5 Å². The molecule has 0 aromatic heterocycles. The van der Waals surface area contributed by atoms with E-state index in [0.717, 1.165) is 50.7 Å². The number of rotatable bonds is 6. The summed E-state index contributed by atoms with van der Waals surface area (Å²) < 4.78 is 23.2. The summed E-state index contributed by atoms with van der Waals surface area (Å²) in [6, 6.07) is 13.6. The number of hydrogen-bond donors (Lipinski definition) is 1. The molecule has 32 heavy (non-hydrogen) atoms. The van der Waals surface area contributed by atoms with Crippen LogP contribution in [-0.4, -0.2) is 64.8 Å². The molecular formula is C24H35IN4O2S. The number of nitrogens with one attached hydrogen (secondary N) is 1. The predicted molar refractivity (Wildman–Crippen MR) is 144 cm³/mol. The summed E-state index contributed by atoms with van der Waals surface area (Å²) in [6.07, 6.45) is 2.01. The second-order valence-corrected chi connectivity index (χ2v) is 10.1. The number of piperazine rings is 1. The average molecular weight is 571 g/mol. The van der Waals surface area contributed by atoms with Gasteiger partial charge < -0.3 is 15.1 Å². The van der Waals surface area contributed by atoms with Gasteiger partial charge in [0.25, 0.3) is 0 Å². The average Bonchev–Trinajstić information content (AvgIpc) is 2.75. The first kappa shape index (κ1) is 26.4. The second-order valence-electron chi connectivity index (χ2n) is 8.09. The van der Waals surface area contributed by atoms with Crippen LogP contribution in [-0.2, 0) is 16.3 Å². The van der Waals surface area contributed by atoms with Crippen LogP contribution >= 0.6 is 24.0 Å². The van der Waals surface area contributed by atoms with E-state index in [1.54, 1.807) is 12.1 Å². The van der Waals surface area contributed by atoms with Crippen LogP contribution in [0.1, 0.15) is 23.6 Å². The summed E-state index contributed by atoms with van der Waals surface area (Å²) in [4.78, 5) is 9.98. The number of sulfone groups is 1. The van der Waals surface area contributed by atoms with Crippen LogP contribution in [0, 0.1) is 13.8 Å². The molecule has 8 heteroatoms. The zero-order valence-electron chi connectivity index (χ0n) is 19.5. The minimum Gasteiger partial charge on any atom is -0.368 e. The highest BCUT2D eigenvalue weighted by Gasteiger charge is 2.21. The van der Waals surface area contributed by atoms with Crippen molar-refractivity contribution < 1.29 is 8.42 Å². The maximum Gasteiger partial charge on any atom is 0.194 e. The van der Waals surface area contributed by atoms with Crippen molar-refractivity contribution in [3.63, 3.8) is 0 Å². The topological polar surface area (TPSA) is 65.0 Å². The third kappa shape index (κ3) is 6.84. The molecule has 0 saturated carbocycles. The van der Waals surface area contributed by atoms with Crippen molar-refractivity contribution in [2.75, 3.05) is 50.4 Å². The van der Waals surface area contributed by atoms with Gasteiger partial charge in [0.1, 0.15) is 0 Å². The number of anilines is 1. The highest BCUT2D eigenvalue weighted by Crippen LogP contribution is 2.23. The highest BCUT2D eigenvalue weighted by molar-refractivity contribution is 14.0. The van der Waals surface area contributed by atoms with E-state index in [2.05, 4.69) is 54.1 Å². The molecule has 0 aliphatic carbocycles. The van der Waals surface area contributed by atoms with Crippen molar-refractivity contribution in [2.24, 2.45) is 4.99 Å². The Morgan fingerprint density at radius 1 is 1.03 bits per heavy atom. The van der Waals surface area contributed by atoms with Gasteiger partial charge in [-0.3, -0.25) is 4.99 Å². The molecule has 1 aliphatic heterocycles. The van der Waals surface area contributed by atoms with Gasteiger partial charge in [-0.2, -0.15) is 0 Å². The Bertz CT molecular complexity index is 1010. The van der Waals surface area contributed by atoms with Crippen LogP contribution in [0.5, 0.6) is 0 Å². The first-order valence-electron chi connectivity index (χ1n) is 10.9. The Labute approximate surface area is 210 Å². The first-order valence-corrected chi connectivity index (χ1v) is 12.8. The lowest BCUT2D eigenvalue weighted by atomic mass is 10.1. The smallest absolute Gasteiger partial charge is 0.194 e. The maximum absolute atomic E-state index is 11.6. The number of nitrogens with zero attached hydrogens (tertiary/aromatic N) is 3. The molecule has 1 aliphatic rings. The molecule has 1 fully saturated rings. The van der Waals surface area contributed by atoms with Crippen LogP contribution in [0.15, 0.2) is 52.4 Å². The van der Waals surface area contributed by atoms with Gasteiger partial charge in [-0.15, -0.1) is 24.0 Å². The van der Waals surface area contributed by atoms with Crippen molar-refractivity contribution in [1.29, 1.82) is 0 Å². The monoisotopic (exact) mass is 570 g/mol. The molecule has 0 radical (unpaired) electrons. The van der Waals surface area contributed by atoms with E-state index in [1.807, 2.05) is 12.1 Å². The Balaban J connectivity index is 0.00000363. The SMILES string of the molecule is CCNC(=NCCc1ccc(S(C)(=O)=O)cc1)N1CCN(c2cccc(C)c2C)CC1.I. The van der Waals surface area contributed by atoms with Gasteiger partial charge in [-0.05, 0) is 62.1 Å². The van der Waals surface area contributed by atoms with Gasteiger partial charge >= 0.3 is 0 Å². The van der Waals surface area contributed by atoms with E-state index in [4.69, 9.17) is 4.99 Å². The highest BCUT2D eigenvalue weighted by atomic mass is 127. The molecule has 0 spiro atoms. The summed E-state index contributed by atoms with van der Waals surface area (Å²) in [5, 5.41) is 3.42. The van der Waals surface area contributed by atoms with Gasteiger partial charge in [0.05, 0.1) is 4.90 Å². The molecule has 0 amide bonds. The summed E-state index contributed by atoms with van der Waals surface area (Å²) >= 11 is 0. The normalized spacial score (nSPS) is 14.8. The van der Waals surface area contributed by atoms with Crippen LogP contribution < -0.4 is 10.2 Å². The van der Waals surface area contributed by atoms with E-state index >= 15 is 0 Å². The number of halogens is 1. The van der Waals surface area contributed by atoms with E-state index in [1.165, 1.54) is 23.1 Å². The fourth-order valence-corrected chi connectivity index (χ4v) is 4.49. The van der Waals surface area contributed by atoms with Gasteiger partial charge in [-0.25, -0.2) is 8.42 Å². The third-order valence-corrected chi connectivity index (χ3v) is 6.97. The molecular weight excluding hydrogens is 535 g/mol. The number of benzene rings is 2. The molecule has 2 aromatic carbocycles. The van der Waals surface area contributed by atoms with E-state index in [0.29, 0.717) is 11.4 Å². The lowest BCUT2D eigenvalue weighted by Gasteiger charge is -2.38. The minimum absolute atomic E-state index is 0. The maximum atomic E-state index is 11.6. The molecule has 176 valence electrons. The fraction of sp³-hybridized carbons (Fsp3) is 0.458. The molecule has 0 unspecified atom stereocenters. The predicted octanol–water partition coefficient (Wildman–Crippen LogP) is 3.66. The molecule has 6 nitrogen and oxygen atoms in total. The van der Waals surface area contributed by atoms with Crippen molar-refractivity contribution in [3.05, 3.63) is 59.2 Å². The second kappa shape index (κ2) is 11.9. The Hall–Kier alpha value is -1.81. The van der Waals surface area contributed by atoms with Crippen molar-refractivity contribution in [1.82, 2.24) is 10.2 Å². The zero-order valence-corrected chi connectivity index (χ0v) is 22.6.